The first kappa shape index (κ1) is 28.4. The van der Waals surface area contributed by atoms with Crippen molar-refractivity contribution >= 4 is 17.3 Å². The van der Waals surface area contributed by atoms with Crippen LogP contribution in [0.25, 0.3) is 11.3 Å². The SMILES string of the molecule is CCC(N)(CC)c1cncnc1-c1cnc(N(c2ccc(C(C)(C)C)cc2)c2ccc(C(C)(C)C)cc2)nc1. The van der Waals surface area contributed by atoms with Crippen LogP contribution in [0.15, 0.2) is 73.4 Å². The van der Waals surface area contributed by atoms with Crippen LogP contribution in [0.5, 0.6) is 0 Å². The standard InChI is InChI=1S/C33H42N6/c1-9-33(34,10-2)28-21-35-22-38-29(28)23-19-36-30(37-20-23)39(26-15-11-24(12-16-26)31(3,4)5)27-17-13-25(14-18-27)32(6,7)8/h11-22H,9-10,34H2,1-8H3. The second-order valence-corrected chi connectivity index (χ2v) is 12.3. The molecular weight excluding hydrogens is 480 g/mol. The number of benzene rings is 2. The quantitative estimate of drug-likeness (QED) is 0.265. The van der Waals surface area contributed by atoms with E-state index in [0.29, 0.717) is 5.95 Å². The number of hydrogen-bond donors (Lipinski definition) is 1. The van der Waals surface area contributed by atoms with Crippen LogP contribution in [0, 0.1) is 0 Å². The molecule has 2 N–H and O–H groups in total. The third kappa shape index (κ3) is 6.01. The van der Waals surface area contributed by atoms with Gasteiger partial charge in [-0.2, -0.15) is 0 Å². The summed E-state index contributed by atoms with van der Waals surface area (Å²) in [7, 11) is 0. The number of aromatic nitrogens is 4. The second kappa shape index (κ2) is 10.9. The average Bonchev–Trinajstić information content (AvgIpc) is 2.93. The van der Waals surface area contributed by atoms with E-state index in [2.05, 4.69) is 119 Å². The van der Waals surface area contributed by atoms with Gasteiger partial charge in [-0.05, 0) is 59.1 Å². The Labute approximate surface area is 233 Å². The normalized spacial score (nSPS) is 12.4. The Kier molecular flexibility index (Phi) is 7.89. The number of anilines is 3. The zero-order valence-electron chi connectivity index (χ0n) is 24.7. The second-order valence-electron chi connectivity index (χ2n) is 12.3. The van der Waals surface area contributed by atoms with Crippen molar-refractivity contribution in [3.05, 3.63) is 90.1 Å². The summed E-state index contributed by atoms with van der Waals surface area (Å²) < 4.78 is 0. The van der Waals surface area contributed by atoms with Crippen molar-refractivity contribution in [1.82, 2.24) is 19.9 Å². The lowest BCUT2D eigenvalue weighted by molar-refractivity contribution is 0.411. The molecule has 0 unspecified atom stereocenters. The lowest BCUT2D eigenvalue weighted by Gasteiger charge is -2.28. The van der Waals surface area contributed by atoms with E-state index in [0.717, 1.165) is 41.0 Å². The van der Waals surface area contributed by atoms with E-state index in [1.54, 1.807) is 6.33 Å². The molecule has 0 radical (unpaired) electrons. The Morgan fingerprint density at radius 3 is 1.54 bits per heavy atom. The maximum Gasteiger partial charge on any atom is 0.234 e. The fraction of sp³-hybridized carbons (Fsp3) is 0.394. The third-order valence-electron chi connectivity index (χ3n) is 7.61. The van der Waals surface area contributed by atoms with Gasteiger partial charge in [-0.25, -0.2) is 19.9 Å². The summed E-state index contributed by atoms with van der Waals surface area (Å²) in [6, 6.07) is 17.3. The molecule has 0 atom stereocenters. The van der Waals surface area contributed by atoms with Crippen LogP contribution in [0.1, 0.15) is 84.9 Å². The first-order valence-corrected chi connectivity index (χ1v) is 13.8. The van der Waals surface area contributed by atoms with Gasteiger partial charge in [0.1, 0.15) is 6.33 Å². The Hall–Kier alpha value is -3.64. The minimum Gasteiger partial charge on any atom is -0.321 e. The molecule has 2 aromatic carbocycles. The van der Waals surface area contributed by atoms with Crippen molar-refractivity contribution in [3.8, 4) is 11.3 Å². The van der Waals surface area contributed by atoms with Crippen molar-refractivity contribution in [1.29, 1.82) is 0 Å². The number of nitrogens with two attached hydrogens (primary N) is 1. The molecule has 0 fully saturated rings. The lowest BCUT2D eigenvalue weighted by Crippen LogP contribution is -2.36. The van der Waals surface area contributed by atoms with Crippen molar-refractivity contribution < 1.29 is 0 Å². The summed E-state index contributed by atoms with van der Waals surface area (Å²) in [5, 5.41) is 0. The van der Waals surface area contributed by atoms with Crippen LogP contribution in [-0.4, -0.2) is 19.9 Å². The molecule has 2 heterocycles. The molecular formula is C33H42N6. The summed E-state index contributed by atoms with van der Waals surface area (Å²) in [6.07, 6.45) is 8.61. The summed E-state index contributed by atoms with van der Waals surface area (Å²) >= 11 is 0. The zero-order valence-corrected chi connectivity index (χ0v) is 24.7. The van der Waals surface area contributed by atoms with Gasteiger partial charge in [0.15, 0.2) is 0 Å². The highest BCUT2D eigenvalue weighted by molar-refractivity contribution is 5.74. The lowest BCUT2D eigenvalue weighted by atomic mass is 9.84. The molecule has 0 saturated carbocycles. The molecule has 0 bridgehead atoms. The maximum absolute atomic E-state index is 6.74. The Morgan fingerprint density at radius 2 is 1.13 bits per heavy atom. The van der Waals surface area contributed by atoms with Gasteiger partial charge >= 0.3 is 0 Å². The molecule has 4 rings (SSSR count). The molecule has 0 aliphatic carbocycles. The smallest absolute Gasteiger partial charge is 0.234 e. The highest BCUT2D eigenvalue weighted by Gasteiger charge is 2.28. The van der Waals surface area contributed by atoms with Crippen LogP contribution in [0.4, 0.5) is 17.3 Å². The Bertz CT molecular complexity index is 1320. The van der Waals surface area contributed by atoms with E-state index in [4.69, 9.17) is 15.7 Å². The molecule has 204 valence electrons. The molecule has 6 heteroatoms. The largest absolute Gasteiger partial charge is 0.321 e. The highest BCUT2D eigenvalue weighted by Crippen LogP contribution is 2.37. The summed E-state index contributed by atoms with van der Waals surface area (Å²) in [5.74, 6) is 0.589. The first-order chi connectivity index (χ1) is 18.4. The monoisotopic (exact) mass is 522 g/mol. The van der Waals surface area contributed by atoms with Crippen molar-refractivity contribution in [2.75, 3.05) is 4.90 Å². The first-order valence-electron chi connectivity index (χ1n) is 13.8. The van der Waals surface area contributed by atoms with E-state index in [9.17, 15) is 0 Å². The predicted octanol–water partition coefficient (Wildman–Crippen LogP) is 7.97. The summed E-state index contributed by atoms with van der Waals surface area (Å²) in [6.45, 7) is 17.5. The van der Waals surface area contributed by atoms with Gasteiger partial charge in [-0.15, -0.1) is 0 Å². The van der Waals surface area contributed by atoms with Gasteiger partial charge in [-0.3, -0.25) is 4.90 Å². The van der Waals surface area contributed by atoms with Crippen molar-refractivity contribution in [2.24, 2.45) is 5.73 Å². The molecule has 4 aromatic rings. The van der Waals surface area contributed by atoms with Gasteiger partial charge in [0.05, 0.1) is 5.69 Å². The van der Waals surface area contributed by atoms with Gasteiger partial charge in [-0.1, -0.05) is 79.7 Å². The van der Waals surface area contributed by atoms with E-state index in [1.165, 1.54) is 11.1 Å². The van der Waals surface area contributed by atoms with Crippen LogP contribution in [0.2, 0.25) is 0 Å². The number of rotatable bonds is 7. The molecule has 6 nitrogen and oxygen atoms in total. The number of nitrogens with zero attached hydrogens (tertiary/aromatic N) is 5. The predicted molar refractivity (Wildman–Crippen MR) is 162 cm³/mol. The van der Waals surface area contributed by atoms with E-state index < -0.39 is 5.54 Å². The van der Waals surface area contributed by atoms with Gasteiger partial charge < -0.3 is 5.73 Å². The topological polar surface area (TPSA) is 80.8 Å². The van der Waals surface area contributed by atoms with Gasteiger partial charge in [0.25, 0.3) is 0 Å². The van der Waals surface area contributed by atoms with E-state index in [1.807, 2.05) is 18.6 Å². The van der Waals surface area contributed by atoms with Crippen LogP contribution >= 0.6 is 0 Å². The summed E-state index contributed by atoms with van der Waals surface area (Å²) in [4.78, 5) is 20.6. The fourth-order valence-corrected chi connectivity index (χ4v) is 4.71. The van der Waals surface area contributed by atoms with Crippen molar-refractivity contribution in [3.63, 3.8) is 0 Å². The zero-order chi connectivity index (χ0) is 28.4. The van der Waals surface area contributed by atoms with Crippen LogP contribution in [-0.2, 0) is 16.4 Å². The highest BCUT2D eigenvalue weighted by atomic mass is 15.3. The Balaban J connectivity index is 1.79. The van der Waals surface area contributed by atoms with Crippen LogP contribution < -0.4 is 10.6 Å². The van der Waals surface area contributed by atoms with Crippen molar-refractivity contribution in [2.45, 2.75) is 84.6 Å². The minimum absolute atomic E-state index is 0.0697. The maximum atomic E-state index is 6.74. The van der Waals surface area contributed by atoms with E-state index in [-0.39, 0.29) is 10.8 Å². The molecule has 39 heavy (non-hydrogen) atoms. The van der Waals surface area contributed by atoms with Crippen LogP contribution in [0.3, 0.4) is 0 Å². The summed E-state index contributed by atoms with van der Waals surface area (Å²) in [5.41, 5.74) is 13.4. The van der Waals surface area contributed by atoms with Gasteiger partial charge in [0, 0.05) is 46.6 Å². The molecule has 2 aromatic heterocycles. The molecule has 0 amide bonds. The molecule has 0 aliphatic heterocycles. The molecule has 0 saturated heterocycles. The number of hydrogen-bond acceptors (Lipinski definition) is 6. The minimum atomic E-state index is -0.509. The fourth-order valence-electron chi connectivity index (χ4n) is 4.71. The average molecular weight is 523 g/mol. The van der Waals surface area contributed by atoms with Gasteiger partial charge in [0.2, 0.25) is 5.95 Å². The molecule has 0 aliphatic rings. The molecule has 0 spiro atoms. The van der Waals surface area contributed by atoms with E-state index >= 15 is 0 Å². The third-order valence-corrected chi connectivity index (χ3v) is 7.61. The Morgan fingerprint density at radius 1 is 0.667 bits per heavy atom.